The zero-order valence-electron chi connectivity index (χ0n) is 14.7. The van der Waals surface area contributed by atoms with E-state index in [-0.39, 0.29) is 5.91 Å². The van der Waals surface area contributed by atoms with Crippen LogP contribution in [0, 0.1) is 0 Å². The first kappa shape index (κ1) is 17.8. The molecule has 1 aliphatic heterocycles. The summed E-state index contributed by atoms with van der Waals surface area (Å²) in [5, 5.41) is 2.89. The van der Waals surface area contributed by atoms with Crippen LogP contribution in [0.3, 0.4) is 0 Å². The maximum absolute atomic E-state index is 12.7. The van der Waals surface area contributed by atoms with Crippen LogP contribution in [0.2, 0.25) is 0 Å². The van der Waals surface area contributed by atoms with Gasteiger partial charge in [0.2, 0.25) is 0 Å². The Labute approximate surface area is 165 Å². The second kappa shape index (κ2) is 7.58. The predicted molar refractivity (Wildman–Crippen MR) is 110 cm³/mol. The average molecular weight is 396 g/mol. The van der Waals surface area contributed by atoms with Crippen molar-refractivity contribution >= 4 is 40.7 Å². The molecule has 0 saturated heterocycles. The van der Waals surface area contributed by atoms with Crippen LogP contribution in [-0.2, 0) is 10.5 Å². The number of carbonyl (C=O) groups is 2. The summed E-state index contributed by atoms with van der Waals surface area (Å²) >= 11 is 3.30. The summed E-state index contributed by atoms with van der Waals surface area (Å²) in [6, 6.07) is 17.0. The van der Waals surface area contributed by atoms with Crippen LogP contribution < -0.4 is 5.32 Å². The molecule has 4 nitrogen and oxygen atoms in total. The molecule has 2 heterocycles. The van der Waals surface area contributed by atoms with Gasteiger partial charge in [-0.15, -0.1) is 23.1 Å². The molecule has 0 unspecified atom stereocenters. The third-order valence-electron chi connectivity index (χ3n) is 4.18. The number of rotatable bonds is 4. The number of thiophene rings is 1. The highest BCUT2D eigenvalue weighted by Gasteiger charge is 2.22. The lowest BCUT2D eigenvalue weighted by Crippen LogP contribution is -2.11. The van der Waals surface area contributed by atoms with Gasteiger partial charge in [0, 0.05) is 26.8 Å². The Morgan fingerprint density at radius 3 is 2.81 bits per heavy atom. The summed E-state index contributed by atoms with van der Waals surface area (Å²) in [6.07, 6.45) is 0. The standard InChI is InChI=1S/C21H17NO3S2/c1-2-25-21(24)13-6-5-7-15(10-13)22-20(23)18-11-14-12-26-17-9-4-3-8-16(17)19(14)27-18/h3-11H,2,12H2,1H3,(H,22,23). The lowest BCUT2D eigenvalue weighted by molar-refractivity contribution is 0.0526. The molecule has 0 atom stereocenters. The van der Waals surface area contributed by atoms with Crippen LogP contribution in [-0.4, -0.2) is 18.5 Å². The number of hydrogen-bond acceptors (Lipinski definition) is 5. The Balaban J connectivity index is 1.56. The van der Waals surface area contributed by atoms with Gasteiger partial charge in [-0.1, -0.05) is 24.3 Å². The maximum atomic E-state index is 12.7. The number of carbonyl (C=O) groups excluding carboxylic acids is 2. The molecule has 3 aromatic rings. The van der Waals surface area contributed by atoms with E-state index in [2.05, 4.69) is 17.4 Å². The average Bonchev–Trinajstić information content (AvgIpc) is 3.13. The molecule has 2 aromatic carbocycles. The fraction of sp³-hybridized carbons (Fsp3) is 0.143. The van der Waals surface area contributed by atoms with Gasteiger partial charge in [0.05, 0.1) is 17.0 Å². The van der Waals surface area contributed by atoms with E-state index in [4.69, 9.17) is 4.74 Å². The van der Waals surface area contributed by atoms with E-state index in [0.717, 1.165) is 10.6 Å². The van der Waals surface area contributed by atoms with Gasteiger partial charge < -0.3 is 10.1 Å². The summed E-state index contributed by atoms with van der Waals surface area (Å²) in [5.41, 5.74) is 3.38. The van der Waals surface area contributed by atoms with Gasteiger partial charge >= 0.3 is 5.97 Å². The minimum Gasteiger partial charge on any atom is -0.462 e. The number of amides is 1. The zero-order valence-corrected chi connectivity index (χ0v) is 16.3. The number of fused-ring (bicyclic) bond motifs is 3. The van der Waals surface area contributed by atoms with Crippen molar-refractivity contribution in [2.45, 2.75) is 17.6 Å². The second-order valence-electron chi connectivity index (χ2n) is 6.01. The van der Waals surface area contributed by atoms with Crippen LogP contribution in [0.15, 0.2) is 59.5 Å². The lowest BCUT2D eigenvalue weighted by Gasteiger charge is -2.14. The maximum Gasteiger partial charge on any atom is 0.338 e. The van der Waals surface area contributed by atoms with Gasteiger partial charge in [-0.05, 0) is 42.8 Å². The van der Waals surface area contributed by atoms with Crippen LogP contribution in [0.1, 0.15) is 32.5 Å². The van der Waals surface area contributed by atoms with E-state index in [1.54, 1.807) is 43.0 Å². The van der Waals surface area contributed by atoms with Gasteiger partial charge in [-0.25, -0.2) is 4.79 Å². The molecular formula is C21H17NO3S2. The number of hydrogen-bond donors (Lipinski definition) is 1. The van der Waals surface area contributed by atoms with Crippen molar-refractivity contribution in [1.29, 1.82) is 0 Å². The largest absolute Gasteiger partial charge is 0.462 e. The molecule has 27 heavy (non-hydrogen) atoms. The molecule has 1 N–H and O–H groups in total. The van der Waals surface area contributed by atoms with Gasteiger partial charge in [0.15, 0.2) is 0 Å². The SMILES string of the molecule is CCOC(=O)c1cccc(NC(=O)c2cc3c(s2)-c2ccccc2SC3)c1. The molecule has 1 aliphatic rings. The Bertz CT molecular complexity index is 1030. The highest BCUT2D eigenvalue weighted by Crippen LogP contribution is 2.45. The molecule has 0 aliphatic carbocycles. The second-order valence-corrected chi connectivity index (χ2v) is 8.07. The van der Waals surface area contributed by atoms with E-state index >= 15 is 0 Å². The van der Waals surface area contributed by atoms with Crippen LogP contribution in [0.5, 0.6) is 0 Å². The van der Waals surface area contributed by atoms with Crippen molar-refractivity contribution in [3.05, 3.63) is 70.6 Å². The van der Waals surface area contributed by atoms with Crippen molar-refractivity contribution in [3.63, 3.8) is 0 Å². The molecule has 1 amide bonds. The molecule has 0 saturated carbocycles. The quantitative estimate of drug-likeness (QED) is 0.597. The van der Waals surface area contributed by atoms with Crippen LogP contribution in [0.4, 0.5) is 5.69 Å². The highest BCUT2D eigenvalue weighted by atomic mass is 32.2. The van der Waals surface area contributed by atoms with E-state index in [9.17, 15) is 9.59 Å². The van der Waals surface area contributed by atoms with E-state index < -0.39 is 5.97 Å². The van der Waals surface area contributed by atoms with Crippen molar-refractivity contribution in [2.24, 2.45) is 0 Å². The van der Waals surface area contributed by atoms with E-state index in [0.29, 0.717) is 22.7 Å². The highest BCUT2D eigenvalue weighted by molar-refractivity contribution is 7.98. The Morgan fingerprint density at radius 1 is 1.11 bits per heavy atom. The molecule has 136 valence electrons. The molecule has 0 radical (unpaired) electrons. The molecule has 1 aromatic heterocycles. The van der Waals surface area contributed by atoms with E-state index in [1.807, 2.05) is 18.2 Å². The summed E-state index contributed by atoms with van der Waals surface area (Å²) in [4.78, 5) is 27.7. The lowest BCUT2D eigenvalue weighted by atomic mass is 10.1. The Morgan fingerprint density at radius 2 is 1.96 bits per heavy atom. The number of esters is 1. The summed E-state index contributed by atoms with van der Waals surface area (Å²) in [6.45, 7) is 2.08. The number of nitrogens with one attached hydrogen (secondary N) is 1. The monoisotopic (exact) mass is 395 g/mol. The third kappa shape index (κ3) is 3.63. The molecule has 4 rings (SSSR count). The van der Waals surface area contributed by atoms with Crippen molar-refractivity contribution in [3.8, 4) is 10.4 Å². The van der Waals surface area contributed by atoms with Gasteiger partial charge in [0.1, 0.15) is 0 Å². The summed E-state index contributed by atoms with van der Waals surface area (Å²) in [5.74, 6) is 0.306. The predicted octanol–water partition coefficient (Wildman–Crippen LogP) is 5.45. The Kier molecular flexibility index (Phi) is 5.01. The first-order chi connectivity index (χ1) is 13.2. The van der Waals surface area contributed by atoms with Crippen molar-refractivity contribution in [2.75, 3.05) is 11.9 Å². The first-order valence-electron chi connectivity index (χ1n) is 8.59. The van der Waals surface area contributed by atoms with Crippen molar-refractivity contribution in [1.82, 2.24) is 0 Å². The molecule has 0 spiro atoms. The smallest absolute Gasteiger partial charge is 0.338 e. The molecular weight excluding hydrogens is 378 g/mol. The first-order valence-corrected chi connectivity index (χ1v) is 10.4. The minimum atomic E-state index is -0.395. The van der Waals surface area contributed by atoms with Crippen molar-refractivity contribution < 1.29 is 14.3 Å². The zero-order chi connectivity index (χ0) is 18.8. The van der Waals surface area contributed by atoms with Crippen LogP contribution >= 0.6 is 23.1 Å². The number of benzene rings is 2. The fourth-order valence-corrected chi connectivity index (χ4v) is 5.25. The van der Waals surface area contributed by atoms with Gasteiger partial charge in [-0.2, -0.15) is 0 Å². The van der Waals surface area contributed by atoms with E-state index in [1.165, 1.54) is 27.4 Å². The van der Waals surface area contributed by atoms with Crippen LogP contribution in [0.25, 0.3) is 10.4 Å². The number of anilines is 1. The molecule has 0 fully saturated rings. The van der Waals surface area contributed by atoms with Gasteiger partial charge in [0.25, 0.3) is 5.91 Å². The number of thioether (sulfide) groups is 1. The number of ether oxygens (including phenoxy) is 1. The summed E-state index contributed by atoms with van der Waals surface area (Å²) in [7, 11) is 0. The summed E-state index contributed by atoms with van der Waals surface area (Å²) < 4.78 is 5.01. The normalized spacial score (nSPS) is 12.0. The van der Waals surface area contributed by atoms with Gasteiger partial charge in [-0.3, -0.25) is 4.79 Å². The minimum absolute atomic E-state index is 0.169. The molecule has 6 heteroatoms. The fourth-order valence-electron chi connectivity index (χ4n) is 2.94. The Hall–Kier alpha value is -2.57. The topological polar surface area (TPSA) is 55.4 Å². The third-order valence-corrected chi connectivity index (χ3v) is 6.51. The molecule has 0 bridgehead atoms.